The molecule has 0 bridgehead atoms. The molecule has 0 amide bonds. The molecule has 1 N–H and O–H groups in total. The summed E-state index contributed by atoms with van der Waals surface area (Å²) in [5, 5.41) is 3.38. The van der Waals surface area contributed by atoms with E-state index in [4.69, 9.17) is 0 Å². The summed E-state index contributed by atoms with van der Waals surface area (Å²) in [5.41, 5.74) is -0.162. The van der Waals surface area contributed by atoms with Gasteiger partial charge in [-0.1, -0.05) is 18.2 Å². The number of rotatable bonds is 2. The van der Waals surface area contributed by atoms with Crippen LogP contribution in [0.1, 0.15) is 25.0 Å². The Bertz CT molecular complexity index is 421. The second kappa shape index (κ2) is 5.51. The van der Waals surface area contributed by atoms with E-state index in [-0.39, 0.29) is 0 Å². The highest BCUT2D eigenvalue weighted by Gasteiger charge is 2.33. The van der Waals surface area contributed by atoms with E-state index in [0.29, 0.717) is 24.2 Å². The maximum atomic E-state index is 12.9. The predicted octanol–water partition coefficient (Wildman–Crippen LogP) is 2.89. The third kappa shape index (κ3) is 3.70. The standard InChI is InChI=1S/C14H19F3N2/c1-10-7-19(8-11(2)18-10)9-12-5-3-4-6-13(12)14(15,16)17/h3-6,10-11,18H,7-9H2,1-2H3. The number of benzene rings is 1. The molecule has 1 aliphatic rings. The van der Waals surface area contributed by atoms with Crippen LogP contribution in [0, 0.1) is 0 Å². The van der Waals surface area contributed by atoms with Crippen LogP contribution in [-0.2, 0) is 12.7 Å². The third-order valence-corrected chi connectivity index (χ3v) is 3.35. The van der Waals surface area contributed by atoms with Gasteiger partial charge in [0.05, 0.1) is 5.56 Å². The van der Waals surface area contributed by atoms with Crippen LogP contribution in [0.3, 0.4) is 0 Å². The molecule has 2 nitrogen and oxygen atoms in total. The molecule has 1 heterocycles. The Morgan fingerprint density at radius 1 is 1.16 bits per heavy atom. The minimum atomic E-state index is -4.28. The van der Waals surface area contributed by atoms with E-state index < -0.39 is 11.7 Å². The Hall–Kier alpha value is -1.07. The molecule has 106 valence electrons. The lowest BCUT2D eigenvalue weighted by Crippen LogP contribution is -2.53. The molecule has 5 heteroatoms. The van der Waals surface area contributed by atoms with Crippen LogP contribution < -0.4 is 5.32 Å². The van der Waals surface area contributed by atoms with Crippen molar-refractivity contribution in [1.82, 2.24) is 10.2 Å². The smallest absolute Gasteiger partial charge is 0.309 e. The van der Waals surface area contributed by atoms with E-state index in [0.717, 1.165) is 19.2 Å². The molecule has 2 unspecified atom stereocenters. The van der Waals surface area contributed by atoms with Crippen LogP contribution >= 0.6 is 0 Å². The quantitative estimate of drug-likeness (QED) is 0.890. The summed E-state index contributed by atoms with van der Waals surface area (Å²) in [6, 6.07) is 6.45. The summed E-state index contributed by atoms with van der Waals surface area (Å²) in [6.45, 7) is 6.01. The van der Waals surface area contributed by atoms with E-state index in [1.165, 1.54) is 6.07 Å². The van der Waals surface area contributed by atoms with Crippen molar-refractivity contribution in [2.75, 3.05) is 13.1 Å². The van der Waals surface area contributed by atoms with Gasteiger partial charge in [0.15, 0.2) is 0 Å². The van der Waals surface area contributed by atoms with Gasteiger partial charge < -0.3 is 5.32 Å². The number of hydrogen-bond donors (Lipinski definition) is 1. The number of hydrogen-bond acceptors (Lipinski definition) is 2. The fourth-order valence-electron chi connectivity index (χ4n) is 2.74. The number of nitrogens with zero attached hydrogens (tertiary/aromatic N) is 1. The number of nitrogens with one attached hydrogen (secondary N) is 1. The van der Waals surface area contributed by atoms with Gasteiger partial charge in [-0.25, -0.2) is 0 Å². The summed E-state index contributed by atoms with van der Waals surface area (Å²) in [6.07, 6.45) is -4.28. The van der Waals surface area contributed by atoms with Gasteiger partial charge in [-0.3, -0.25) is 4.90 Å². The molecule has 1 saturated heterocycles. The van der Waals surface area contributed by atoms with Crippen LogP contribution in [0.5, 0.6) is 0 Å². The summed E-state index contributed by atoms with van der Waals surface area (Å²) in [5.74, 6) is 0. The van der Waals surface area contributed by atoms with Crippen molar-refractivity contribution in [3.05, 3.63) is 35.4 Å². The van der Waals surface area contributed by atoms with Crippen molar-refractivity contribution in [3.63, 3.8) is 0 Å². The largest absolute Gasteiger partial charge is 0.416 e. The molecule has 1 aromatic carbocycles. The Morgan fingerprint density at radius 2 is 1.74 bits per heavy atom. The Labute approximate surface area is 111 Å². The molecule has 2 atom stereocenters. The van der Waals surface area contributed by atoms with Crippen molar-refractivity contribution in [1.29, 1.82) is 0 Å². The molecular weight excluding hydrogens is 253 g/mol. The Balaban J connectivity index is 2.15. The average Bonchev–Trinajstić information content (AvgIpc) is 2.26. The first-order valence-electron chi connectivity index (χ1n) is 6.50. The summed E-state index contributed by atoms with van der Waals surface area (Å²) in [4.78, 5) is 2.08. The van der Waals surface area contributed by atoms with E-state index in [2.05, 4.69) is 24.1 Å². The first-order valence-corrected chi connectivity index (χ1v) is 6.50. The van der Waals surface area contributed by atoms with Gasteiger partial charge in [0.25, 0.3) is 0 Å². The second-order valence-electron chi connectivity index (χ2n) is 5.32. The first kappa shape index (κ1) is 14.3. The molecule has 0 aromatic heterocycles. The van der Waals surface area contributed by atoms with E-state index in [1.54, 1.807) is 12.1 Å². The van der Waals surface area contributed by atoms with Crippen molar-refractivity contribution >= 4 is 0 Å². The summed E-state index contributed by atoms with van der Waals surface area (Å²) >= 11 is 0. The molecule has 0 saturated carbocycles. The zero-order valence-electron chi connectivity index (χ0n) is 11.2. The third-order valence-electron chi connectivity index (χ3n) is 3.35. The van der Waals surface area contributed by atoms with Gasteiger partial charge in [-0.2, -0.15) is 13.2 Å². The zero-order valence-corrected chi connectivity index (χ0v) is 11.2. The zero-order chi connectivity index (χ0) is 14.0. The van der Waals surface area contributed by atoms with Gasteiger partial charge in [0.1, 0.15) is 0 Å². The molecule has 19 heavy (non-hydrogen) atoms. The van der Waals surface area contributed by atoms with Crippen LogP contribution in [0.15, 0.2) is 24.3 Å². The van der Waals surface area contributed by atoms with Crippen molar-refractivity contribution in [2.45, 2.75) is 38.7 Å². The second-order valence-corrected chi connectivity index (χ2v) is 5.32. The molecule has 0 radical (unpaired) electrons. The maximum Gasteiger partial charge on any atom is 0.416 e. The average molecular weight is 272 g/mol. The van der Waals surface area contributed by atoms with Crippen LogP contribution in [-0.4, -0.2) is 30.1 Å². The molecule has 2 rings (SSSR count). The minimum Gasteiger partial charge on any atom is -0.309 e. The minimum absolute atomic E-state index is 0.307. The Morgan fingerprint density at radius 3 is 2.32 bits per heavy atom. The summed E-state index contributed by atoms with van der Waals surface area (Å²) < 4.78 is 38.8. The lowest BCUT2D eigenvalue weighted by molar-refractivity contribution is -0.138. The highest BCUT2D eigenvalue weighted by atomic mass is 19.4. The van der Waals surface area contributed by atoms with Crippen LogP contribution in [0.2, 0.25) is 0 Å². The number of alkyl halides is 3. The molecular formula is C14H19F3N2. The summed E-state index contributed by atoms with van der Waals surface area (Å²) in [7, 11) is 0. The van der Waals surface area contributed by atoms with Gasteiger partial charge in [0, 0.05) is 31.7 Å². The van der Waals surface area contributed by atoms with Gasteiger partial charge in [0.2, 0.25) is 0 Å². The highest BCUT2D eigenvalue weighted by Crippen LogP contribution is 2.32. The number of halogens is 3. The first-order chi connectivity index (χ1) is 8.86. The predicted molar refractivity (Wildman–Crippen MR) is 68.8 cm³/mol. The van der Waals surface area contributed by atoms with Crippen LogP contribution in [0.4, 0.5) is 13.2 Å². The fraction of sp³-hybridized carbons (Fsp3) is 0.571. The molecule has 1 aromatic rings. The van der Waals surface area contributed by atoms with E-state index >= 15 is 0 Å². The fourth-order valence-corrected chi connectivity index (χ4v) is 2.74. The SMILES string of the molecule is CC1CN(Cc2ccccc2C(F)(F)F)CC(C)N1. The van der Waals surface area contributed by atoms with Crippen molar-refractivity contribution in [3.8, 4) is 0 Å². The monoisotopic (exact) mass is 272 g/mol. The highest BCUT2D eigenvalue weighted by molar-refractivity contribution is 5.29. The lowest BCUT2D eigenvalue weighted by atomic mass is 10.0. The van der Waals surface area contributed by atoms with Crippen molar-refractivity contribution in [2.24, 2.45) is 0 Å². The van der Waals surface area contributed by atoms with Gasteiger partial charge in [-0.05, 0) is 25.5 Å². The Kier molecular flexibility index (Phi) is 4.16. The van der Waals surface area contributed by atoms with Crippen LogP contribution in [0.25, 0.3) is 0 Å². The van der Waals surface area contributed by atoms with Crippen molar-refractivity contribution < 1.29 is 13.2 Å². The van der Waals surface area contributed by atoms with E-state index in [9.17, 15) is 13.2 Å². The number of piperazine rings is 1. The van der Waals surface area contributed by atoms with Gasteiger partial charge in [-0.15, -0.1) is 0 Å². The maximum absolute atomic E-state index is 12.9. The topological polar surface area (TPSA) is 15.3 Å². The lowest BCUT2D eigenvalue weighted by Gasteiger charge is -2.36. The normalized spacial score (nSPS) is 25.5. The molecule has 0 aliphatic carbocycles. The molecule has 1 fully saturated rings. The van der Waals surface area contributed by atoms with E-state index in [1.807, 2.05) is 0 Å². The van der Waals surface area contributed by atoms with Gasteiger partial charge >= 0.3 is 6.18 Å². The molecule has 1 aliphatic heterocycles. The molecule has 0 spiro atoms.